The lowest BCUT2D eigenvalue weighted by Gasteiger charge is -2.30. The number of carbonyl (C=O) groups is 2. The highest BCUT2D eigenvalue weighted by Crippen LogP contribution is 2.20. The van der Waals surface area contributed by atoms with Crippen LogP contribution in [0.1, 0.15) is 31.4 Å². The number of carbonyl (C=O) groups excluding carboxylic acids is 2. The van der Waals surface area contributed by atoms with Crippen LogP contribution in [0.4, 0.5) is 0 Å². The zero-order valence-corrected chi connectivity index (χ0v) is 19.3. The molecule has 0 spiro atoms. The Morgan fingerprint density at radius 1 is 1.13 bits per heavy atom. The van der Waals surface area contributed by atoms with Gasteiger partial charge in [-0.05, 0) is 48.7 Å². The van der Waals surface area contributed by atoms with Gasteiger partial charge in [-0.2, -0.15) is 0 Å². The lowest BCUT2D eigenvalue weighted by molar-refractivity contribution is -0.139. The number of amides is 2. The molecule has 0 saturated carbocycles. The number of benzene rings is 2. The van der Waals surface area contributed by atoms with E-state index in [9.17, 15) is 9.59 Å². The largest absolute Gasteiger partial charge is 0.497 e. The molecule has 2 aromatic rings. The van der Waals surface area contributed by atoms with Gasteiger partial charge in [0.05, 0.1) is 12.9 Å². The molecule has 0 heterocycles. The van der Waals surface area contributed by atoms with E-state index >= 15 is 0 Å². The zero-order valence-electron chi connectivity index (χ0n) is 17.7. The summed E-state index contributed by atoms with van der Waals surface area (Å²) >= 11 is 7.55. The van der Waals surface area contributed by atoms with Crippen molar-refractivity contribution >= 4 is 35.2 Å². The third kappa shape index (κ3) is 7.26. The van der Waals surface area contributed by atoms with Crippen LogP contribution >= 0.6 is 23.4 Å². The van der Waals surface area contributed by atoms with Crippen molar-refractivity contribution in [3.8, 4) is 5.75 Å². The van der Waals surface area contributed by atoms with Crippen LogP contribution in [0.3, 0.4) is 0 Å². The Bertz CT molecular complexity index is 847. The van der Waals surface area contributed by atoms with Crippen molar-refractivity contribution in [2.24, 2.45) is 0 Å². The Morgan fingerprint density at radius 2 is 1.87 bits per heavy atom. The molecular weight excluding hydrogens is 420 g/mol. The molecule has 1 N–H and O–H groups in total. The van der Waals surface area contributed by atoms with Crippen LogP contribution in [0.5, 0.6) is 5.75 Å². The highest BCUT2D eigenvalue weighted by atomic mass is 35.5. The minimum atomic E-state index is -0.518. The van der Waals surface area contributed by atoms with Gasteiger partial charge >= 0.3 is 0 Å². The van der Waals surface area contributed by atoms with Crippen molar-refractivity contribution in [1.82, 2.24) is 10.2 Å². The summed E-state index contributed by atoms with van der Waals surface area (Å²) in [4.78, 5) is 27.4. The van der Waals surface area contributed by atoms with E-state index in [1.807, 2.05) is 62.4 Å². The van der Waals surface area contributed by atoms with E-state index in [2.05, 4.69) is 5.32 Å². The number of likely N-dealkylation sites (N-methyl/N-ethyl adjacent to an activating group) is 1. The summed E-state index contributed by atoms with van der Waals surface area (Å²) in [5.74, 6) is 1.49. The molecule has 2 amide bonds. The molecule has 162 valence electrons. The molecule has 30 heavy (non-hydrogen) atoms. The first-order valence-corrected chi connectivity index (χ1v) is 11.5. The van der Waals surface area contributed by atoms with E-state index in [0.717, 1.165) is 16.9 Å². The summed E-state index contributed by atoms with van der Waals surface area (Å²) in [5, 5.41) is 3.53. The van der Waals surface area contributed by atoms with Crippen molar-refractivity contribution in [3.63, 3.8) is 0 Å². The fourth-order valence-electron chi connectivity index (χ4n) is 3.14. The maximum Gasteiger partial charge on any atom is 0.242 e. The predicted octanol–water partition coefficient (Wildman–Crippen LogP) is 4.53. The molecule has 7 heteroatoms. The van der Waals surface area contributed by atoms with E-state index < -0.39 is 6.04 Å². The second kappa shape index (κ2) is 12.5. The van der Waals surface area contributed by atoms with Gasteiger partial charge in [0.15, 0.2) is 0 Å². The van der Waals surface area contributed by atoms with Gasteiger partial charge in [-0.15, -0.1) is 11.8 Å². The third-order valence-corrected chi connectivity index (χ3v) is 5.83. The summed E-state index contributed by atoms with van der Waals surface area (Å²) in [6.45, 7) is 4.67. The Labute approximate surface area is 188 Å². The molecular formula is C23H29ClN2O3S. The predicted molar refractivity (Wildman–Crippen MR) is 124 cm³/mol. The fourth-order valence-corrected chi connectivity index (χ4v) is 4.22. The van der Waals surface area contributed by atoms with Gasteiger partial charge in [0.2, 0.25) is 11.8 Å². The lowest BCUT2D eigenvalue weighted by atomic mass is 10.1. The molecule has 0 aliphatic heterocycles. The van der Waals surface area contributed by atoms with Crippen LogP contribution in [0.2, 0.25) is 5.02 Å². The monoisotopic (exact) mass is 448 g/mol. The van der Waals surface area contributed by atoms with Gasteiger partial charge in [-0.25, -0.2) is 0 Å². The zero-order chi connectivity index (χ0) is 21.9. The first-order valence-electron chi connectivity index (χ1n) is 10.0. The second-order valence-corrected chi connectivity index (χ2v) is 8.24. The molecule has 1 atom stereocenters. The standard InChI is InChI=1S/C23H29ClN2O3S/c1-4-21(23(28)25-5-2)26(14-17-8-7-11-20(13-17)29-3)22(27)16-30-15-18-9-6-10-19(24)12-18/h6-13,21H,4-5,14-16H2,1-3H3,(H,25,28)/t21-/m0/s1. The van der Waals surface area contributed by atoms with Crippen molar-refractivity contribution in [2.75, 3.05) is 19.4 Å². The molecule has 0 aliphatic rings. The molecule has 0 aromatic heterocycles. The Morgan fingerprint density at radius 3 is 2.53 bits per heavy atom. The van der Waals surface area contributed by atoms with Crippen molar-refractivity contribution < 1.29 is 14.3 Å². The highest BCUT2D eigenvalue weighted by molar-refractivity contribution is 7.99. The van der Waals surface area contributed by atoms with Crippen LogP contribution in [-0.4, -0.2) is 42.2 Å². The number of rotatable bonds is 11. The average molecular weight is 449 g/mol. The third-order valence-electron chi connectivity index (χ3n) is 4.61. The van der Waals surface area contributed by atoms with Crippen LogP contribution in [0.25, 0.3) is 0 Å². The maximum atomic E-state index is 13.1. The number of nitrogens with zero attached hydrogens (tertiary/aromatic N) is 1. The molecule has 0 unspecified atom stereocenters. The minimum Gasteiger partial charge on any atom is -0.497 e. The molecule has 0 aliphatic carbocycles. The molecule has 2 aromatic carbocycles. The van der Waals surface area contributed by atoms with Gasteiger partial charge in [-0.1, -0.05) is 42.8 Å². The first kappa shape index (κ1) is 24.1. The first-order chi connectivity index (χ1) is 14.5. The Kier molecular flexibility index (Phi) is 10.0. The lowest BCUT2D eigenvalue weighted by Crippen LogP contribution is -2.49. The smallest absolute Gasteiger partial charge is 0.242 e. The number of nitrogens with one attached hydrogen (secondary N) is 1. The molecule has 2 rings (SSSR count). The van der Waals surface area contributed by atoms with Crippen LogP contribution < -0.4 is 10.1 Å². The van der Waals surface area contributed by atoms with Crippen molar-refractivity contribution in [1.29, 1.82) is 0 Å². The molecule has 5 nitrogen and oxygen atoms in total. The summed E-state index contributed by atoms with van der Waals surface area (Å²) in [7, 11) is 1.61. The highest BCUT2D eigenvalue weighted by Gasteiger charge is 2.28. The van der Waals surface area contributed by atoms with Gasteiger partial charge < -0.3 is 15.0 Å². The SMILES string of the molecule is CCNC(=O)[C@H](CC)N(Cc1cccc(OC)c1)C(=O)CSCc1cccc(Cl)c1. The van der Waals surface area contributed by atoms with Crippen LogP contribution in [-0.2, 0) is 21.9 Å². The number of ether oxygens (including phenoxy) is 1. The maximum absolute atomic E-state index is 13.1. The van der Waals surface area contributed by atoms with Crippen molar-refractivity contribution in [3.05, 3.63) is 64.7 Å². The van der Waals surface area contributed by atoms with E-state index in [-0.39, 0.29) is 17.6 Å². The summed E-state index contributed by atoms with van der Waals surface area (Å²) in [5.41, 5.74) is 1.99. The molecule has 0 radical (unpaired) electrons. The van der Waals surface area contributed by atoms with Gasteiger partial charge in [0, 0.05) is 23.9 Å². The van der Waals surface area contributed by atoms with Crippen molar-refractivity contribution in [2.45, 2.75) is 38.6 Å². The number of hydrogen-bond acceptors (Lipinski definition) is 4. The number of hydrogen-bond donors (Lipinski definition) is 1. The Balaban J connectivity index is 2.13. The molecule has 0 saturated heterocycles. The topological polar surface area (TPSA) is 58.6 Å². The quantitative estimate of drug-likeness (QED) is 0.548. The van der Waals surface area contributed by atoms with Gasteiger partial charge in [0.1, 0.15) is 11.8 Å². The number of halogens is 1. The van der Waals surface area contributed by atoms with Crippen LogP contribution in [0, 0.1) is 0 Å². The summed E-state index contributed by atoms with van der Waals surface area (Å²) < 4.78 is 5.30. The van der Waals surface area contributed by atoms with Gasteiger partial charge in [-0.3, -0.25) is 9.59 Å². The molecule has 0 bridgehead atoms. The summed E-state index contributed by atoms with van der Waals surface area (Å²) in [6, 6.07) is 14.7. The van der Waals surface area contributed by atoms with E-state index in [4.69, 9.17) is 16.3 Å². The Hall–Kier alpha value is -2.18. The minimum absolute atomic E-state index is 0.0667. The van der Waals surface area contributed by atoms with E-state index in [0.29, 0.717) is 30.3 Å². The van der Waals surface area contributed by atoms with E-state index in [1.54, 1.807) is 12.0 Å². The normalized spacial score (nSPS) is 11.6. The van der Waals surface area contributed by atoms with Gasteiger partial charge in [0.25, 0.3) is 0 Å². The number of methoxy groups -OCH3 is 1. The molecule has 0 fully saturated rings. The second-order valence-electron chi connectivity index (χ2n) is 6.81. The summed E-state index contributed by atoms with van der Waals surface area (Å²) in [6.07, 6.45) is 0.542. The average Bonchev–Trinajstić information content (AvgIpc) is 2.74. The van der Waals surface area contributed by atoms with E-state index in [1.165, 1.54) is 11.8 Å². The number of thioether (sulfide) groups is 1. The van der Waals surface area contributed by atoms with Crippen LogP contribution in [0.15, 0.2) is 48.5 Å². The fraction of sp³-hybridized carbons (Fsp3) is 0.391.